The van der Waals surface area contributed by atoms with E-state index in [1.807, 2.05) is 0 Å². The summed E-state index contributed by atoms with van der Waals surface area (Å²) in [6.07, 6.45) is 0.172. The lowest BCUT2D eigenvalue weighted by Gasteiger charge is -2.07. The van der Waals surface area contributed by atoms with Gasteiger partial charge in [-0.25, -0.2) is 0 Å². The first kappa shape index (κ1) is 18.6. The van der Waals surface area contributed by atoms with Gasteiger partial charge in [0.2, 0.25) is 16.9 Å². The topological polar surface area (TPSA) is 92.3 Å². The molecule has 0 aromatic carbocycles. The molecular weight excluding hydrogens is 368 g/mol. The lowest BCUT2D eigenvalue weighted by Crippen LogP contribution is -2.23. The predicted molar refractivity (Wildman–Crippen MR) is 96.0 cm³/mol. The molecular formula is C14H16N4O3S3. The maximum Gasteiger partial charge on any atom is 0.232 e. The maximum atomic E-state index is 12.0. The fourth-order valence-corrected chi connectivity index (χ4v) is 4.13. The van der Waals surface area contributed by atoms with Crippen molar-refractivity contribution in [2.75, 3.05) is 25.2 Å². The highest BCUT2D eigenvalue weighted by molar-refractivity contribution is 8.01. The van der Waals surface area contributed by atoms with Crippen molar-refractivity contribution >= 4 is 57.2 Å². The van der Waals surface area contributed by atoms with Crippen LogP contribution in [-0.2, 0) is 16.0 Å². The number of amides is 2. The molecule has 2 heterocycles. The highest BCUT2D eigenvalue weighted by Crippen LogP contribution is 2.25. The van der Waals surface area contributed by atoms with Gasteiger partial charge in [0.05, 0.1) is 17.1 Å². The van der Waals surface area contributed by atoms with Crippen LogP contribution >= 0.6 is 34.4 Å². The summed E-state index contributed by atoms with van der Waals surface area (Å²) in [6, 6.07) is 1.72. The van der Waals surface area contributed by atoms with Crippen molar-refractivity contribution in [1.29, 1.82) is 0 Å². The summed E-state index contributed by atoms with van der Waals surface area (Å²) in [7, 11) is 3.38. The molecule has 0 fully saturated rings. The molecule has 0 atom stereocenters. The molecule has 0 spiro atoms. The average Bonchev–Trinajstić information content (AvgIpc) is 3.14. The third kappa shape index (κ3) is 5.39. The summed E-state index contributed by atoms with van der Waals surface area (Å²) < 4.78 is 0.620. The number of thioether (sulfide) groups is 1. The van der Waals surface area contributed by atoms with Crippen molar-refractivity contribution in [2.45, 2.75) is 17.7 Å². The molecule has 0 aliphatic rings. The van der Waals surface area contributed by atoms with Gasteiger partial charge in [0.15, 0.2) is 10.1 Å². The molecule has 128 valence electrons. The van der Waals surface area contributed by atoms with E-state index in [2.05, 4.69) is 15.5 Å². The number of thiophene rings is 1. The van der Waals surface area contributed by atoms with Crippen molar-refractivity contribution in [3.63, 3.8) is 0 Å². The van der Waals surface area contributed by atoms with Gasteiger partial charge in [0.1, 0.15) is 0 Å². The summed E-state index contributed by atoms with van der Waals surface area (Å²) >= 11 is 3.83. The van der Waals surface area contributed by atoms with Crippen LogP contribution in [0.5, 0.6) is 0 Å². The van der Waals surface area contributed by atoms with Crippen molar-refractivity contribution < 1.29 is 14.4 Å². The van der Waals surface area contributed by atoms with Gasteiger partial charge in [0.25, 0.3) is 0 Å². The third-order valence-electron chi connectivity index (χ3n) is 2.84. The van der Waals surface area contributed by atoms with Crippen LogP contribution in [0.2, 0.25) is 0 Å². The Bertz CT molecular complexity index is 754. The first-order valence-electron chi connectivity index (χ1n) is 6.90. The van der Waals surface area contributed by atoms with Crippen LogP contribution in [0.15, 0.2) is 15.8 Å². The smallest absolute Gasteiger partial charge is 0.232 e. The van der Waals surface area contributed by atoms with Crippen LogP contribution in [0.25, 0.3) is 0 Å². The number of anilines is 1. The van der Waals surface area contributed by atoms with Gasteiger partial charge in [-0.05, 0) is 23.9 Å². The second-order valence-electron chi connectivity index (χ2n) is 5.05. The molecule has 24 heavy (non-hydrogen) atoms. The fraction of sp³-hybridized carbons (Fsp3) is 0.357. The summed E-state index contributed by atoms with van der Waals surface area (Å²) in [6.45, 7) is 1.50. The van der Waals surface area contributed by atoms with Crippen LogP contribution < -0.4 is 5.32 Å². The standard InChI is InChI=1S/C14H16N4O3S3/c1-8(19)10-4-9(6-22-10)5-11(20)15-13-16-17-14(24-13)23-7-12(21)18(2)3/h4,6H,5,7H2,1-3H3,(H,15,16,20). The highest BCUT2D eigenvalue weighted by Gasteiger charge is 2.13. The SMILES string of the molecule is CC(=O)c1cc(CC(=O)Nc2nnc(SCC(=O)N(C)C)s2)cs1. The Labute approximate surface area is 151 Å². The number of hydrogen-bond donors (Lipinski definition) is 1. The molecule has 0 radical (unpaired) electrons. The molecule has 0 aliphatic carbocycles. The Morgan fingerprint density at radius 1 is 1.29 bits per heavy atom. The first-order valence-corrected chi connectivity index (χ1v) is 9.58. The molecule has 0 unspecified atom stereocenters. The Kier molecular flexibility index (Phi) is 6.46. The van der Waals surface area contributed by atoms with Gasteiger partial charge >= 0.3 is 0 Å². The van der Waals surface area contributed by atoms with Gasteiger partial charge in [-0.3, -0.25) is 14.4 Å². The zero-order valence-electron chi connectivity index (χ0n) is 13.4. The molecule has 2 aromatic heterocycles. The highest BCUT2D eigenvalue weighted by atomic mass is 32.2. The van der Waals surface area contributed by atoms with Crippen molar-refractivity contribution in [2.24, 2.45) is 0 Å². The second kappa shape index (κ2) is 8.36. The quantitative estimate of drug-likeness (QED) is 0.447. The van der Waals surface area contributed by atoms with Gasteiger partial charge < -0.3 is 10.2 Å². The van der Waals surface area contributed by atoms with Crippen molar-refractivity contribution in [1.82, 2.24) is 15.1 Å². The first-order chi connectivity index (χ1) is 11.3. The van der Waals surface area contributed by atoms with Gasteiger partial charge in [-0.2, -0.15) is 0 Å². The van der Waals surface area contributed by atoms with Crippen molar-refractivity contribution in [3.8, 4) is 0 Å². The van der Waals surface area contributed by atoms with Crippen LogP contribution in [-0.4, -0.2) is 52.5 Å². The molecule has 2 aromatic rings. The number of carbonyl (C=O) groups excluding carboxylic acids is 3. The Hall–Kier alpha value is -1.78. The molecule has 0 saturated heterocycles. The maximum absolute atomic E-state index is 12.0. The normalized spacial score (nSPS) is 10.5. The van der Waals surface area contributed by atoms with E-state index in [4.69, 9.17) is 0 Å². The van der Waals surface area contributed by atoms with Crippen LogP contribution in [0.3, 0.4) is 0 Å². The number of carbonyl (C=O) groups is 3. The molecule has 10 heteroatoms. The summed E-state index contributed by atoms with van der Waals surface area (Å²) in [5.41, 5.74) is 0.790. The van der Waals surface area contributed by atoms with E-state index in [-0.39, 0.29) is 29.8 Å². The molecule has 2 rings (SSSR count). The number of Topliss-reactive ketones (excluding diaryl/α,β-unsaturated/α-hetero) is 1. The second-order valence-corrected chi connectivity index (χ2v) is 8.16. The summed E-state index contributed by atoms with van der Waals surface area (Å²) in [4.78, 5) is 36.9. The van der Waals surface area contributed by atoms with E-state index in [0.717, 1.165) is 5.56 Å². The number of aromatic nitrogens is 2. The molecule has 0 bridgehead atoms. The zero-order valence-corrected chi connectivity index (χ0v) is 15.8. The molecule has 7 nitrogen and oxygen atoms in total. The van der Waals surface area contributed by atoms with Crippen LogP contribution in [0.4, 0.5) is 5.13 Å². The molecule has 0 aliphatic heterocycles. The minimum absolute atomic E-state index is 0.00952. The minimum Gasteiger partial charge on any atom is -0.348 e. The number of nitrogens with zero attached hydrogens (tertiary/aromatic N) is 3. The summed E-state index contributed by atoms with van der Waals surface area (Å²) in [5.74, 6) is 0.0300. The predicted octanol–water partition coefficient (Wildman–Crippen LogP) is 2.16. The Morgan fingerprint density at radius 2 is 2.04 bits per heavy atom. The van der Waals surface area contributed by atoms with E-state index < -0.39 is 0 Å². The van der Waals surface area contributed by atoms with Gasteiger partial charge in [-0.15, -0.1) is 21.5 Å². The van der Waals surface area contributed by atoms with Gasteiger partial charge in [-0.1, -0.05) is 23.1 Å². The number of ketones is 1. The molecule has 0 saturated carbocycles. The minimum atomic E-state index is -0.222. The summed E-state index contributed by atoms with van der Waals surface area (Å²) in [5, 5.41) is 12.7. The fourth-order valence-electron chi connectivity index (χ4n) is 1.57. The average molecular weight is 385 g/mol. The van der Waals surface area contributed by atoms with Gasteiger partial charge in [0, 0.05) is 14.1 Å². The monoisotopic (exact) mass is 384 g/mol. The molecule has 1 N–H and O–H groups in total. The number of hydrogen-bond acceptors (Lipinski definition) is 8. The Balaban J connectivity index is 1.85. The van der Waals surface area contributed by atoms with E-state index in [9.17, 15) is 14.4 Å². The lowest BCUT2D eigenvalue weighted by molar-refractivity contribution is -0.125. The van der Waals surface area contributed by atoms with Crippen LogP contribution in [0.1, 0.15) is 22.2 Å². The van der Waals surface area contributed by atoms with E-state index in [0.29, 0.717) is 14.3 Å². The van der Waals surface area contributed by atoms with E-state index in [1.54, 1.807) is 25.5 Å². The lowest BCUT2D eigenvalue weighted by atomic mass is 10.2. The third-order valence-corrected chi connectivity index (χ3v) is 5.87. The van der Waals surface area contributed by atoms with E-state index >= 15 is 0 Å². The van der Waals surface area contributed by atoms with Crippen LogP contribution in [0, 0.1) is 0 Å². The Morgan fingerprint density at radius 3 is 2.67 bits per heavy atom. The largest absolute Gasteiger partial charge is 0.348 e. The van der Waals surface area contributed by atoms with Crippen molar-refractivity contribution in [3.05, 3.63) is 21.9 Å². The number of rotatable bonds is 7. The zero-order chi connectivity index (χ0) is 17.7. The molecule has 2 amide bonds. The van der Waals surface area contributed by atoms with E-state index in [1.165, 1.54) is 46.3 Å². The number of nitrogens with one attached hydrogen (secondary N) is 1.